The first-order chi connectivity index (χ1) is 7.18. The molecule has 1 unspecified atom stereocenters. The summed E-state index contributed by atoms with van der Waals surface area (Å²) >= 11 is 0. The first kappa shape index (κ1) is 9.97. The van der Waals surface area contributed by atoms with Crippen LogP contribution in [-0.2, 0) is 6.42 Å². The highest BCUT2D eigenvalue weighted by Crippen LogP contribution is 2.09. The third kappa shape index (κ3) is 1.94. The SMILES string of the molecule is NC(Cc1cnc2cnccn12)C(F)F. The Morgan fingerprint density at radius 3 is 2.93 bits per heavy atom. The molecule has 0 aliphatic carbocycles. The van der Waals surface area contributed by atoms with Crippen LogP contribution in [0.2, 0.25) is 0 Å². The quantitative estimate of drug-likeness (QED) is 0.821. The van der Waals surface area contributed by atoms with E-state index in [9.17, 15) is 8.78 Å². The van der Waals surface area contributed by atoms with E-state index in [0.717, 1.165) is 0 Å². The molecule has 2 heterocycles. The van der Waals surface area contributed by atoms with Gasteiger partial charge in [0.25, 0.3) is 6.43 Å². The molecule has 2 rings (SSSR count). The molecule has 0 radical (unpaired) electrons. The maximum atomic E-state index is 12.3. The molecule has 0 spiro atoms. The molecule has 0 saturated heterocycles. The lowest BCUT2D eigenvalue weighted by atomic mass is 10.2. The maximum absolute atomic E-state index is 12.3. The summed E-state index contributed by atoms with van der Waals surface area (Å²) < 4.78 is 26.2. The van der Waals surface area contributed by atoms with Crippen LogP contribution in [-0.4, -0.2) is 26.8 Å². The van der Waals surface area contributed by atoms with Gasteiger partial charge in [-0.25, -0.2) is 13.8 Å². The predicted molar refractivity (Wildman–Crippen MR) is 50.7 cm³/mol. The molecular weight excluding hydrogens is 202 g/mol. The maximum Gasteiger partial charge on any atom is 0.253 e. The van der Waals surface area contributed by atoms with E-state index in [4.69, 9.17) is 5.73 Å². The zero-order valence-corrected chi connectivity index (χ0v) is 7.85. The number of hydrogen-bond acceptors (Lipinski definition) is 3. The summed E-state index contributed by atoms with van der Waals surface area (Å²) in [5, 5.41) is 0. The summed E-state index contributed by atoms with van der Waals surface area (Å²) in [5.41, 5.74) is 6.59. The van der Waals surface area contributed by atoms with Gasteiger partial charge in [-0.1, -0.05) is 0 Å². The van der Waals surface area contributed by atoms with Gasteiger partial charge in [-0.2, -0.15) is 0 Å². The van der Waals surface area contributed by atoms with E-state index in [0.29, 0.717) is 11.3 Å². The van der Waals surface area contributed by atoms with E-state index >= 15 is 0 Å². The molecule has 0 aliphatic heterocycles. The Balaban J connectivity index is 2.29. The Morgan fingerprint density at radius 1 is 1.40 bits per heavy atom. The molecule has 2 aromatic heterocycles. The molecule has 1 atom stereocenters. The van der Waals surface area contributed by atoms with Gasteiger partial charge in [0.1, 0.15) is 0 Å². The molecule has 4 nitrogen and oxygen atoms in total. The molecule has 2 aromatic rings. The average Bonchev–Trinajstić information content (AvgIpc) is 2.62. The highest BCUT2D eigenvalue weighted by atomic mass is 19.3. The smallest absolute Gasteiger partial charge is 0.253 e. The summed E-state index contributed by atoms with van der Waals surface area (Å²) in [6.45, 7) is 0. The average molecular weight is 212 g/mol. The number of imidazole rings is 1. The first-order valence-corrected chi connectivity index (χ1v) is 4.48. The van der Waals surface area contributed by atoms with Crippen LogP contribution in [0, 0.1) is 0 Å². The monoisotopic (exact) mass is 212 g/mol. The van der Waals surface area contributed by atoms with Gasteiger partial charge < -0.3 is 10.1 Å². The van der Waals surface area contributed by atoms with Crippen molar-refractivity contribution in [1.82, 2.24) is 14.4 Å². The fourth-order valence-electron chi connectivity index (χ4n) is 1.38. The Morgan fingerprint density at radius 2 is 2.20 bits per heavy atom. The number of nitrogens with zero attached hydrogens (tertiary/aromatic N) is 3. The number of halogens is 2. The molecule has 0 aromatic carbocycles. The van der Waals surface area contributed by atoms with Crippen LogP contribution in [0.15, 0.2) is 24.8 Å². The number of aromatic nitrogens is 3. The van der Waals surface area contributed by atoms with Gasteiger partial charge in [0.15, 0.2) is 5.65 Å². The number of rotatable bonds is 3. The van der Waals surface area contributed by atoms with Gasteiger partial charge in [-0.3, -0.25) is 4.98 Å². The number of nitrogens with two attached hydrogens (primary N) is 1. The summed E-state index contributed by atoms with van der Waals surface area (Å²) in [6.07, 6.45) is 3.94. The minimum atomic E-state index is -2.52. The van der Waals surface area contributed by atoms with Gasteiger partial charge >= 0.3 is 0 Å². The molecule has 6 heteroatoms. The predicted octanol–water partition coefficient (Wildman–Crippen LogP) is 0.864. The molecule has 0 fully saturated rings. The van der Waals surface area contributed by atoms with Gasteiger partial charge in [-0.15, -0.1) is 0 Å². The summed E-state index contributed by atoms with van der Waals surface area (Å²) in [5.74, 6) is 0. The third-order valence-electron chi connectivity index (χ3n) is 2.16. The highest BCUT2D eigenvalue weighted by molar-refractivity contribution is 5.37. The second-order valence-electron chi connectivity index (χ2n) is 3.26. The lowest BCUT2D eigenvalue weighted by molar-refractivity contribution is 0.115. The van der Waals surface area contributed by atoms with Crippen molar-refractivity contribution < 1.29 is 8.78 Å². The standard InChI is InChI=1S/C9H10F2N4/c10-9(11)7(12)3-6-4-14-8-5-13-1-2-15(6)8/h1-2,4-5,7,9H,3,12H2. The Labute approximate surface area is 84.8 Å². The minimum absolute atomic E-state index is 0.100. The van der Waals surface area contributed by atoms with E-state index < -0.39 is 12.5 Å². The zero-order valence-electron chi connectivity index (χ0n) is 7.85. The normalized spacial score (nSPS) is 13.6. The minimum Gasteiger partial charge on any atom is -0.323 e. The van der Waals surface area contributed by atoms with E-state index in [1.54, 1.807) is 29.2 Å². The number of fused-ring (bicyclic) bond motifs is 1. The summed E-state index contributed by atoms with van der Waals surface area (Å²) in [7, 11) is 0. The van der Waals surface area contributed by atoms with E-state index in [1.807, 2.05) is 0 Å². The highest BCUT2D eigenvalue weighted by Gasteiger charge is 2.17. The van der Waals surface area contributed by atoms with Crippen molar-refractivity contribution in [2.75, 3.05) is 0 Å². The van der Waals surface area contributed by atoms with Crippen LogP contribution < -0.4 is 5.73 Å². The second kappa shape index (κ2) is 3.90. The largest absolute Gasteiger partial charge is 0.323 e. The topological polar surface area (TPSA) is 56.2 Å². The lowest BCUT2D eigenvalue weighted by Crippen LogP contribution is -2.31. The van der Waals surface area contributed by atoms with Crippen LogP contribution in [0.1, 0.15) is 5.69 Å². The third-order valence-corrected chi connectivity index (χ3v) is 2.16. The molecule has 0 aliphatic rings. The Bertz CT molecular complexity index is 454. The van der Waals surface area contributed by atoms with Crippen molar-refractivity contribution in [2.24, 2.45) is 5.73 Å². The van der Waals surface area contributed by atoms with E-state index in [-0.39, 0.29) is 6.42 Å². The van der Waals surface area contributed by atoms with Crippen LogP contribution in [0.3, 0.4) is 0 Å². The number of alkyl halides is 2. The van der Waals surface area contributed by atoms with Gasteiger partial charge in [-0.05, 0) is 0 Å². The van der Waals surface area contributed by atoms with Gasteiger partial charge in [0, 0.05) is 30.7 Å². The Hall–Kier alpha value is -1.56. The van der Waals surface area contributed by atoms with Crippen molar-refractivity contribution in [3.05, 3.63) is 30.5 Å². The van der Waals surface area contributed by atoms with Crippen LogP contribution in [0.4, 0.5) is 8.78 Å². The van der Waals surface area contributed by atoms with E-state index in [1.165, 1.54) is 0 Å². The molecule has 2 N–H and O–H groups in total. The van der Waals surface area contributed by atoms with Crippen molar-refractivity contribution in [2.45, 2.75) is 18.9 Å². The van der Waals surface area contributed by atoms with Crippen molar-refractivity contribution in [1.29, 1.82) is 0 Å². The van der Waals surface area contributed by atoms with Crippen molar-refractivity contribution in [3.8, 4) is 0 Å². The summed E-state index contributed by atoms with van der Waals surface area (Å²) in [6, 6.07) is -1.15. The molecule has 15 heavy (non-hydrogen) atoms. The molecule has 0 amide bonds. The van der Waals surface area contributed by atoms with Crippen molar-refractivity contribution >= 4 is 5.65 Å². The van der Waals surface area contributed by atoms with Crippen LogP contribution in [0.25, 0.3) is 5.65 Å². The van der Waals surface area contributed by atoms with Gasteiger partial charge in [0.2, 0.25) is 0 Å². The van der Waals surface area contributed by atoms with Crippen molar-refractivity contribution in [3.63, 3.8) is 0 Å². The van der Waals surface area contributed by atoms with Crippen LogP contribution >= 0.6 is 0 Å². The van der Waals surface area contributed by atoms with E-state index in [2.05, 4.69) is 9.97 Å². The molecule has 0 bridgehead atoms. The van der Waals surface area contributed by atoms with Gasteiger partial charge in [0.05, 0.1) is 12.2 Å². The fourth-order valence-corrected chi connectivity index (χ4v) is 1.38. The molecule has 80 valence electrons. The lowest BCUT2D eigenvalue weighted by Gasteiger charge is -2.09. The van der Waals surface area contributed by atoms with Crippen LogP contribution in [0.5, 0.6) is 0 Å². The first-order valence-electron chi connectivity index (χ1n) is 4.48. The zero-order chi connectivity index (χ0) is 10.8. The fraction of sp³-hybridized carbons (Fsp3) is 0.333. The molecule has 0 saturated carbocycles. The Kier molecular flexibility index (Phi) is 2.59. The number of hydrogen-bond donors (Lipinski definition) is 1. The molecular formula is C9H10F2N4. The second-order valence-corrected chi connectivity index (χ2v) is 3.26. The summed E-state index contributed by atoms with van der Waals surface area (Å²) in [4.78, 5) is 7.91.